The van der Waals surface area contributed by atoms with E-state index >= 15 is 0 Å². The minimum Gasteiger partial charge on any atom is -0.451 e. The SMILES string of the molecule is C[C@@H]1CCCN(C(=O)c2oc3ccccc3c2CS(C)(=O)=O)[C@H]1CN. The summed E-state index contributed by atoms with van der Waals surface area (Å²) in [5.41, 5.74) is 6.86. The Balaban J connectivity index is 2.07. The first-order chi connectivity index (χ1) is 11.8. The molecule has 7 heteroatoms. The third-order valence-electron chi connectivity index (χ3n) is 4.92. The highest BCUT2D eigenvalue weighted by Gasteiger charge is 2.34. The zero-order chi connectivity index (χ0) is 18.2. The lowest BCUT2D eigenvalue weighted by atomic mass is 9.90. The van der Waals surface area contributed by atoms with E-state index in [9.17, 15) is 13.2 Å². The molecular weight excluding hydrogens is 340 g/mol. The molecule has 1 aromatic heterocycles. The minimum absolute atomic E-state index is 0.0551. The third-order valence-corrected chi connectivity index (χ3v) is 5.73. The van der Waals surface area contributed by atoms with Crippen molar-refractivity contribution in [1.29, 1.82) is 0 Å². The fraction of sp³-hybridized carbons (Fsp3) is 0.500. The molecule has 3 rings (SSSR count). The normalized spacial score (nSPS) is 21.6. The highest BCUT2D eigenvalue weighted by Crippen LogP contribution is 2.31. The molecule has 0 unspecified atom stereocenters. The van der Waals surface area contributed by atoms with Crippen molar-refractivity contribution >= 4 is 26.7 Å². The fourth-order valence-electron chi connectivity index (χ4n) is 3.67. The predicted molar refractivity (Wildman–Crippen MR) is 97.0 cm³/mol. The van der Waals surface area contributed by atoms with E-state index in [-0.39, 0.29) is 23.5 Å². The molecule has 0 bridgehead atoms. The summed E-state index contributed by atoms with van der Waals surface area (Å²) in [5.74, 6) is -0.0524. The maximum atomic E-state index is 13.2. The Hall–Kier alpha value is -1.86. The number of carbonyl (C=O) groups is 1. The van der Waals surface area contributed by atoms with Crippen LogP contribution in [0, 0.1) is 5.92 Å². The van der Waals surface area contributed by atoms with Gasteiger partial charge in [-0.2, -0.15) is 0 Å². The lowest BCUT2D eigenvalue weighted by Gasteiger charge is -2.39. The van der Waals surface area contributed by atoms with Crippen LogP contribution in [0.25, 0.3) is 11.0 Å². The molecule has 136 valence electrons. The van der Waals surface area contributed by atoms with Crippen molar-refractivity contribution < 1.29 is 17.6 Å². The number of likely N-dealkylation sites (tertiary alicyclic amines) is 1. The monoisotopic (exact) mass is 364 g/mol. The van der Waals surface area contributed by atoms with Crippen LogP contribution in [0.4, 0.5) is 0 Å². The summed E-state index contributed by atoms with van der Waals surface area (Å²) in [6.45, 7) is 3.09. The summed E-state index contributed by atoms with van der Waals surface area (Å²) in [5, 5.41) is 0.672. The second-order valence-electron chi connectivity index (χ2n) is 6.90. The van der Waals surface area contributed by atoms with E-state index < -0.39 is 9.84 Å². The number of para-hydroxylation sites is 1. The maximum absolute atomic E-state index is 13.2. The van der Waals surface area contributed by atoms with Gasteiger partial charge in [-0.3, -0.25) is 4.79 Å². The van der Waals surface area contributed by atoms with Crippen molar-refractivity contribution in [2.45, 2.75) is 31.6 Å². The molecule has 1 aliphatic rings. The predicted octanol–water partition coefficient (Wildman–Crippen LogP) is 2.18. The van der Waals surface area contributed by atoms with Crippen LogP contribution in [-0.2, 0) is 15.6 Å². The number of amides is 1. The van der Waals surface area contributed by atoms with Gasteiger partial charge in [0, 0.05) is 36.3 Å². The first-order valence-electron chi connectivity index (χ1n) is 8.51. The molecular formula is C18H24N2O4S. The molecule has 1 aromatic carbocycles. The van der Waals surface area contributed by atoms with Crippen molar-refractivity contribution in [3.63, 3.8) is 0 Å². The molecule has 25 heavy (non-hydrogen) atoms. The van der Waals surface area contributed by atoms with Crippen molar-refractivity contribution in [3.05, 3.63) is 35.6 Å². The molecule has 2 heterocycles. The van der Waals surface area contributed by atoms with E-state index in [4.69, 9.17) is 10.2 Å². The Labute approximate surface area is 147 Å². The second-order valence-corrected chi connectivity index (χ2v) is 9.04. The maximum Gasteiger partial charge on any atom is 0.290 e. The summed E-state index contributed by atoms with van der Waals surface area (Å²) in [6.07, 6.45) is 3.10. The van der Waals surface area contributed by atoms with E-state index in [1.54, 1.807) is 23.1 Å². The van der Waals surface area contributed by atoms with E-state index in [2.05, 4.69) is 6.92 Å². The summed E-state index contributed by atoms with van der Waals surface area (Å²) in [7, 11) is -3.31. The summed E-state index contributed by atoms with van der Waals surface area (Å²) < 4.78 is 29.6. The Morgan fingerprint density at radius 3 is 2.76 bits per heavy atom. The van der Waals surface area contributed by atoms with Crippen LogP contribution >= 0.6 is 0 Å². The van der Waals surface area contributed by atoms with E-state index in [0.29, 0.717) is 35.5 Å². The van der Waals surface area contributed by atoms with Crippen molar-refractivity contribution in [1.82, 2.24) is 4.90 Å². The lowest BCUT2D eigenvalue weighted by Crippen LogP contribution is -2.51. The van der Waals surface area contributed by atoms with E-state index in [1.807, 2.05) is 6.07 Å². The number of nitrogens with zero attached hydrogens (tertiary/aromatic N) is 1. The number of benzene rings is 1. The number of fused-ring (bicyclic) bond motifs is 1. The van der Waals surface area contributed by atoms with Gasteiger partial charge in [0.25, 0.3) is 5.91 Å². The first kappa shape index (κ1) is 17.9. The number of furan rings is 1. The second kappa shape index (κ2) is 6.80. The summed E-state index contributed by atoms with van der Waals surface area (Å²) in [6, 6.07) is 7.09. The molecule has 1 saturated heterocycles. The van der Waals surface area contributed by atoms with Gasteiger partial charge < -0.3 is 15.1 Å². The number of hydrogen-bond donors (Lipinski definition) is 1. The Kier molecular flexibility index (Phi) is 4.88. The van der Waals surface area contributed by atoms with Gasteiger partial charge >= 0.3 is 0 Å². The number of rotatable bonds is 4. The lowest BCUT2D eigenvalue weighted by molar-refractivity contribution is 0.0502. The molecule has 0 aliphatic carbocycles. The van der Waals surface area contributed by atoms with Gasteiger partial charge in [0.05, 0.1) is 5.75 Å². The van der Waals surface area contributed by atoms with Crippen molar-refractivity contribution in [2.75, 3.05) is 19.3 Å². The number of nitrogens with two attached hydrogens (primary N) is 1. The quantitative estimate of drug-likeness (QED) is 0.897. The van der Waals surface area contributed by atoms with Gasteiger partial charge in [-0.25, -0.2) is 8.42 Å². The smallest absolute Gasteiger partial charge is 0.290 e. The van der Waals surface area contributed by atoms with Crippen molar-refractivity contribution in [3.8, 4) is 0 Å². The Bertz CT molecular complexity index is 888. The Morgan fingerprint density at radius 2 is 2.08 bits per heavy atom. The van der Waals surface area contributed by atoms with Gasteiger partial charge in [-0.1, -0.05) is 25.1 Å². The zero-order valence-electron chi connectivity index (χ0n) is 14.6. The van der Waals surface area contributed by atoms with Crippen LogP contribution in [0.2, 0.25) is 0 Å². The topological polar surface area (TPSA) is 93.6 Å². The third kappa shape index (κ3) is 3.57. The standard InChI is InChI=1S/C18H24N2O4S/c1-12-6-5-9-20(15(12)10-19)18(21)17-14(11-25(2,22)23)13-7-3-4-8-16(13)24-17/h3-4,7-8,12,15H,5-6,9-11,19H2,1-2H3/t12-,15+/m1/s1. The number of carbonyl (C=O) groups excluding carboxylic acids is 1. The average Bonchev–Trinajstić information content (AvgIpc) is 2.91. The zero-order valence-corrected chi connectivity index (χ0v) is 15.4. The van der Waals surface area contributed by atoms with Gasteiger partial charge in [0.15, 0.2) is 15.6 Å². The van der Waals surface area contributed by atoms with Gasteiger partial charge in [0.2, 0.25) is 0 Å². The highest BCUT2D eigenvalue weighted by molar-refractivity contribution is 7.89. The van der Waals surface area contributed by atoms with Crippen LogP contribution in [0.5, 0.6) is 0 Å². The summed E-state index contributed by atoms with van der Waals surface area (Å²) >= 11 is 0. The van der Waals surface area contributed by atoms with E-state index in [1.165, 1.54) is 0 Å². The van der Waals surface area contributed by atoms with Crippen LogP contribution < -0.4 is 5.73 Å². The first-order valence-corrected chi connectivity index (χ1v) is 10.6. The molecule has 6 nitrogen and oxygen atoms in total. The number of piperidine rings is 1. The molecule has 2 N–H and O–H groups in total. The highest BCUT2D eigenvalue weighted by atomic mass is 32.2. The van der Waals surface area contributed by atoms with E-state index in [0.717, 1.165) is 19.1 Å². The molecule has 2 atom stereocenters. The van der Waals surface area contributed by atoms with Gasteiger partial charge in [-0.15, -0.1) is 0 Å². The van der Waals surface area contributed by atoms with Gasteiger partial charge in [-0.05, 0) is 24.8 Å². The minimum atomic E-state index is -3.31. The van der Waals surface area contributed by atoms with Crippen LogP contribution in [0.15, 0.2) is 28.7 Å². The largest absolute Gasteiger partial charge is 0.451 e. The molecule has 0 spiro atoms. The number of hydrogen-bond acceptors (Lipinski definition) is 5. The summed E-state index contributed by atoms with van der Waals surface area (Å²) in [4.78, 5) is 14.9. The molecule has 2 aromatic rings. The number of sulfone groups is 1. The van der Waals surface area contributed by atoms with Crippen LogP contribution in [-0.4, -0.2) is 44.6 Å². The fourth-order valence-corrected chi connectivity index (χ4v) is 4.48. The van der Waals surface area contributed by atoms with Gasteiger partial charge in [0.1, 0.15) is 5.58 Å². The van der Waals surface area contributed by atoms with Crippen molar-refractivity contribution in [2.24, 2.45) is 11.7 Å². The molecule has 0 saturated carbocycles. The van der Waals surface area contributed by atoms with Crippen LogP contribution in [0.1, 0.15) is 35.9 Å². The Morgan fingerprint density at radius 1 is 1.36 bits per heavy atom. The molecule has 1 aliphatic heterocycles. The molecule has 1 fully saturated rings. The molecule has 0 radical (unpaired) electrons. The average molecular weight is 364 g/mol. The van der Waals surface area contributed by atoms with Crippen LogP contribution in [0.3, 0.4) is 0 Å². The molecule has 1 amide bonds.